The van der Waals surface area contributed by atoms with Gasteiger partial charge in [-0.3, -0.25) is 9.59 Å². The third-order valence-electron chi connectivity index (χ3n) is 4.26. The van der Waals surface area contributed by atoms with Gasteiger partial charge in [0.25, 0.3) is 0 Å². The van der Waals surface area contributed by atoms with Gasteiger partial charge >= 0.3 is 0 Å². The van der Waals surface area contributed by atoms with Crippen molar-refractivity contribution < 1.29 is 14.3 Å². The van der Waals surface area contributed by atoms with Gasteiger partial charge in [-0.25, -0.2) is 0 Å². The first kappa shape index (κ1) is 16.5. The van der Waals surface area contributed by atoms with Gasteiger partial charge in [-0.15, -0.1) is 0 Å². The van der Waals surface area contributed by atoms with E-state index in [1.807, 2.05) is 30.3 Å². The van der Waals surface area contributed by atoms with E-state index in [0.717, 1.165) is 11.3 Å². The molecule has 1 aliphatic rings. The van der Waals surface area contributed by atoms with Crippen LogP contribution in [0.3, 0.4) is 0 Å². The van der Waals surface area contributed by atoms with E-state index in [1.165, 1.54) is 0 Å². The summed E-state index contributed by atoms with van der Waals surface area (Å²) in [6, 6.07) is 16.6. The zero-order valence-corrected chi connectivity index (χ0v) is 13.5. The molecule has 1 aliphatic carbocycles. The summed E-state index contributed by atoms with van der Waals surface area (Å²) in [6.45, 7) is 0. The third kappa shape index (κ3) is 3.30. The Bertz CT molecular complexity index is 854. The van der Waals surface area contributed by atoms with Gasteiger partial charge in [0, 0.05) is 5.57 Å². The van der Waals surface area contributed by atoms with Crippen LogP contribution in [-0.2, 0) is 15.0 Å². The van der Waals surface area contributed by atoms with Crippen molar-refractivity contribution in [1.82, 2.24) is 0 Å². The Morgan fingerprint density at radius 1 is 0.920 bits per heavy atom. The highest BCUT2D eigenvalue weighted by Gasteiger charge is 2.37. The number of benzene rings is 2. The predicted molar refractivity (Wildman–Crippen MR) is 94.9 cm³/mol. The molecule has 0 saturated heterocycles. The molecule has 5 heteroatoms. The Morgan fingerprint density at radius 3 is 2.08 bits per heavy atom. The van der Waals surface area contributed by atoms with Crippen LogP contribution in [0.25, 0.3) is 0 Å². The number of carbonyl (C=O) groups excluding carboxylic acids is 2. The Morgan fingerprint density at radius 2 is 1.56 bits per heavy atom. The molecule has 2 aromatic carbocycles. The Hall–Kier alpha value is -3.34. The molecule has 0 aromatic heterocycles. The number of amides is 2. The lowest BCUT2D eigenvalue weighted by Crippen LogP contribution is -2.40. The summed E-state index contributed by atoms with van der Waals surface area (Å²) in [4.78, 5) is 23.4. The first-order valence-corrected chi connectivity index (χ1v) is 7.84. The Balaban J connectivity index is 1.86. The number of hydrogen-bond donors (Lipinski definition) is 2. The number of para-hydroxylation sites is 1. The molecule has 5 nitrogen and oxygen atoms in total. The van der Waals surface area contributed by atoms with Crippen molar-refractivity contribution >= 4 is 11.8 Å². The maximum atomic E-state index is 12.1. The number of hydrogen-bond acceptors (Lipinski definition) is 3. The molecule has 0 heterocycles. The minimum Gasteiger partial charge on any atom is -0.457 e. The Kier molecular flexibility index (Phi) is 4.39. The van der Waals surface area contributed by atoms with E-state index in [2.05, 4.69) is 0 Å². The molecular weight excluding hydrogens is 316 g/mol. The summed E-state index contributed by atoms with van der Waals surface area (Å²) in [5.41, 5.74) is 11.0. The van der Waals surface area contributed by atoms with Gasteiger partial charge < -0.3 is 16.2 Å². The van der Waals surface area contributed by atoms with E-state index in [9.17, 15) is 9.59 Å². The molecule has 0 aliphatic heterocycles. The molecule has 126 valence electrons. The summed E-state index contributed by atoms with van der Waals surface area (Å²) in [5, 5.41) is 0. The van der Waals surface area contributed by atoms with Crippen LogP contribution >= 0.6 is 0 Å². The summed E-state index contributed by atoms with van der Waals surface area (Å²) < 4.78 is 5.76. The zero-order chi connectivity index (χ0) is 17.9. The van der Waals surface area contributed by atoms with E-state index in [0.29, 0.717) is 11.3 Å². The SMILES string of the molecule is NC(=O)C1=CCC(C(N)=O)(c2ccc(Oc3ccccc3)cc2)C=C1. The van der Waals surface area contributed by atoms with Gasteiger partial charge in [-0.05, 0) is 36.2 Å². The summed E-state index contributed by atoms with van der Waals surface area (Å²) in [7, 11) is 0. The highest BCUT2D eigenvalue weighted by molar-refractivity contribution is 5.97. The van der Waals surface area contributed by atoms with Gasteiger partial charge in [-0.2, -0.15) is 0 Å². The molecule has 0 radical (unpaired) electrons. The van der Waals surface area contributed by atoms with Crippen LogP contribution in [0.5, 0.6) is 11.5 Å². The molecule has 2 amide bonds. The predicted octanol–water partition coefficient (Wildman–Crippen LogP) is 2.57. The fourth-order valence-corrected chi connectivity index (χ4v) is 2.81. The molecule has 4 N–H and O–H groups in total. The van der Waals surface area contributed by atoms with Crippen LogP contribution in [0.1, 0.15) is 12.0 Å². The highest BCUT2D eigenvalue weighted by Crippen LogP contribution is 2.35. The zero-order valence-electron chi connectivity index (χ0n) is 13.5. The topological polar surface area (TPSA) is 95.4 Å². The van der Waals surface area contributed by atoms with Crippen LogP contribution in [0.15, 0.2) is 78.4 Å². The number of nitrogens with two attached hydrogens (primary N) is 2. The molecule has 1 unspecified atom stereocenters. The fraction of sp³-hybridized carbons (Fsp3) is 0.100. The van der Waals surface area contributed by atoms with Crippen LogP contribution in [0.4, 0.5) is 0 Å². The van der Waals surface area contributed by atoms with Gasteiger partial charge in [0.15, 0.2) is 0 Å². The second kappa shape index (κ2) is 6.65. The van der Waals surface area contributed by atoms with Crippen molar-refractivity contribution in [2.24, 2.45) is 11.5 Å². The number of primary amides is 2. The van der Waals surface area contributed by atoms with E-state index < -0.39 is 17.2 Å². The molecule has 2 aromatic rings. The molecule has 1 atom stereocenters. The van der Waals surface area contributed by atoms with E-state index in [4.69, 9.17) is 16.2 Å². The molecule has 0 saturated carbocycles. The molecule has 3 rings (SSSR count). The Labute approximate surface area is 145 Å². The summed E-state index contributed by atoms with van der Waals surface area (Å²) in [5.74, 6) is 0.371. The minimum absolute atomic E-state index is 0.288. The fourth-order valence-electron chi connectivity index (χ4n) is 2.81. The van der Waals surface area contributed by atoms with E-state index in [1.54, 1.807) is 42.5 Å². The van der Waals surface area contributed by atoms with Crippen LogP contribution in [0.2, 0.25) is 0 Å². The summed E-state index contributed by atoms with van der Waals surface area (Å²) >= 11 is 0. The van der Waals surface area contributed by atoms with Crippen molar-refractivity contribution in [1.29, 1.82) is 0 Å². The van der Waals surface area contributed by atoms with Crippen molar-refractivity contribution in [2.75, 3.05) is 0 Å². The lowest BCUT2D eigenvalue weighted by atomic mass is 9.73. The van der Waals surface area contributed by atoms with E-state index >= 15 is 0 Å². The van der Waals surface area contributed by atoms with Gasteiger partial charge in [0.05, 0.1) is 5.41 Å². The van der Waals surface area contributed by atoms with Gasteiger partial charge in [0.1, 0.15) is 11.5 Å². The third-order valence-corrected chi connectivity index (χ3v) is 4.26. The smallest absolute Gasteiger partial charge is 0.248 e. The monoisotopic (exact) mass is 334 g/mol. The molecule has 0 fully saturated rings. The van der Waals surface area contributed by atoms with Gasteiger partial charge in [0.2, 0.25) is 11.8 Å². The molecule has 25 heavy (non-hydrogen) atoms. The first-order chi connectivity index (χ1) is 12.0. The van der Waals surface area contributed by atoms with Crippen LogP contribution in [0, 0.1) is 0 Å². The molecule has 0 spiro atoms. The normalized spacial score (nSPS) is 19.1. The molecule has 0 bridgehead atoms. The van der Waals surface area contributed by atoms with Gasteiger partial charge in [-0.1, -0.05) is 48.6 Å². The highest BCUT2D eigenvalue weighted by atomic mass is 16.5. The average Bonchev–Trinajstić information content (AvgIpc) is 2.63. The number of rotatable bonds is 5. The largest absolute Gasteiger partial charge is 0.457 e. The van der Waals surface area contributed by atoms with Crippen LogP contribution < -0.4 is 16.2 Å². The number of allylic oxidation sites excluding steroid dienone is 1. The quantitative estimate of drug-likeness (QED) is 0.879. The average molecular weight is 334 g/mol. The second-order valence-electron chi connectivity index (χ2n) is 5.84. The lowest BCUT2D eigenvalue weighted by molar-refractivity contribution is -0.122. The number of carbonyl (C=O) groups is 2. The molecular formula is C20H18N2O3. The lowest BCUT2D eigenvalue weighted by Gasteiger charge is -2.29. The first-order valence-electron chi connectivity index (χ1n) is 7.84. The van der Waals surface area contributed by atoms with Crippen molar-refractivity contribution in [3.8, 4) is 11.5 Å². The second-order valence-corrected chi connectivity index (χ2v) is 5.84. The maximum absolute atomic E-state index is 12.1. The van der Waals surface area contributed by atoms with Crippen molar-refractivity contribution in [3.05, 3.63) is 84.0 Å². The van der Waals surface area contributed by atoms with Crippen LogP contribution in [-0.4, -0.2) is 11.8 Å². The summed E-state index contributed by atoms with van der Waals surface area (Å²) in [6.07, 6.45) is 5.12. The number of ether oxygens (including phenoxy) is 1. The van der Waals surface area contributed by atoms with E-state index in [-0.39, 0.29) is 6.42 Å². The standard InChI is InChI=1S/C20H18N2O3/c21-18(23)14-10-12-20(13-11-14,19(22)24)15-6-8-17(9-7-15)25-16-4-2-1-3-5-16/h1-12H,13H2,(H2,21,23)(H2,22,24). The minimum atomic E-state index is -0.996. The van der Waals surface area contributed by atoms with Crippen molar-refractivity contribution in [3.63, 3.8) is 0 Å². The van der Waals surface area contributed by atoms with Crippen molar-refractivity contribution in [2.45, 2.75) is 11.8 Å². The maximum Gasteiger partial charge on any atom is 0.248 e.